The molecule has 0 aliphatic heterocycles. The van der Waals surface area contributed by atoms with E-state index in [1.165, 1.54) is 22.6 Å². The van der Waals surface area contributed by atoms with Crippen molar-refractivity contribution in [3.05, 3.63) is 35.3 Å². The van der Waals surface area contributed by atoms with Gasteiger partial charge in [0.05, 0.1) is 10.6 Å². The Bertz CT molecular complexity index is 359. The summed E-state index contributed by atoms with van der Waals surface area (Å²) in [7, 11) is 0. The molecule has 0 saturated heterocycles. The van der Waals surface area contributed by atoms with E-state index in [-0.39, 0.29) is 0 Å². The summed E-state index contributed by atoms with van der Waals surface area (Å²) in [6, 6.07) is 6.44. The Kier molecular flexibility index (Phi) is 2.50. The summed E-state index contributed by atoms with van der Waals surface area (Å²) in [4.78, 5) is 4.64. The van der Waals surface area contributed by atoms with Crippen LogP contribution in [-0.2, 0) is 6.42 Å². The van der Waals surface area contributed by atoms with Gasteiger partial charge in [0, 0.05) is 6.20 Å². The predicted molar refractivity (Wildman–Crippen MR) is 58.1 cm³/mol. The van der Waals surface area contributed by atoms with Crippen LogP contribution in [0.15, 0.2) is 29.8 Å². The lowest BCUT2D eigenvalue weighted by atomic mass is 10.1. The molecule has 2 rings (SSSR count). The molecule has 68 valence electrons. The van der Waals surface area contributed by atoms with E-state index in [9.17, 15) is 0 Å². The van der Waals surface area contributed by atoms with Crippen molar-refractivity contribution in [2.24, 2.45) is 0 Å². The number of thiophene rings is 1. The SMILES string of the molecule is CCCc1cc[nH]c1-c1cccs1. The van der Waals surface area contributed by atoms with Crippen molar-refractivity contribution < 1.29 is 0 Å². The van der Waals surface area contributed by atoms with Gasteiger partial charge in [-0.05, 0) is 29.5 Å². The van der Waals surface area contributed by atoms with Crippen LogP contribution in [0, 0.1) is 0 Å². The summed E-state index contributed by atoms with van der Waals surface area (Å²) < 4.78 is 0. The van der Waals surface area contributed by atoms with E-state index >= 15 is 0 Å². The van der Waals surface area contributed by atoms with E-state index in [0.29, 0.717) is 0 Å². The molecule has 0 fully saturated rings. The highest BCUT2D eigenvalue weighted by atomic mass is 32.1. The fourth-order valence-corrected chi connectivity index (χ4v) is 2.30. The van der Waals surface area contributed by atoms with Crippen molar-refractivity contribution in [1.29, 1.82) is 0 Å². The first-order valence-corrected chi connectivity index (χ1v) is 5.50. The fraction of sp³-hybridized carbons (Fsp3) is 0.273. The minimum atomic E-state index is 1.16. The summed E-state index contributed by atoms with van der Waals surface area (Å²) in [5.74, 6) is 0. The molecule has 0 aliphatic rings. The molecule has 0 aromatic carbocycles. The van der Waals surface area contributed by atoms with Gasteiger partial charge in [-0.1, -0.05) is 19.4 Å². The molecule has 0 saturated carbocycles. The zero-order valence-electron chi connectivity index (χ0n) is 7.71. The first-order chi connectivity index (χ1) is 6.42. The second-order valence-corrected chi connectivity index (χ2v) is 4.05. The highest BCUT2D eigenvalue weighted by Crippen LogP contribution is 2.27. The summed E-state index contributed by atoms with van der Waals surface area (Å²) in [5.41, 5.74) is 2.74. The Balaban J connectivity index is 2.35. The molecule has 0 atom stereocenters. The zero-order chi connectivity index (χ0) is 9.10. The molecule has 0 amide bonds. The van der Waals surface area contributed by atoms with Crippen LogP contribution in [0.1, 0.15) is 18.9 Å². The lowest BCUT2D eigenvalue weighted by molar-refractivity contribution is 0.926. The van der Waals surface area contributed by atoms with Crippen molar-refractivity contribution in [3.63, 3.8) is 0 Å². The second kappa shape index (κ2) is 3.79. The highest BCUT2D eigenvalue weighted by molar-refractivity contribution is 7.13. The number of aryl methyl sites for hydroxylation is 1. The molecular weight excluding hydrogens is 178 g/mol. The molecule has 0 radical (unpaired) electrons. The van der Waals surface area contributed by atoms with Crippen molar-refractivity contribution in [2.45, 2.75) is 19.8 Å². The highest BCUT2D eigenvalue weighted by Gasteiger charge is 2.05. The van der Waals surface area contributed by atoms with E-state index in [0.717, 1.165) is 6.42 Å². The van der Waals surface area contributed by atoms with Gasteiger partial charge in [0.2, 0.25) is 0 Å². The number of nitrogens with one attached hydrogen (secondary N) is 1. The zero-order valence-corrected chi connectivity index (χ0v) is 8.53. The van der Waals surface area contributed by atoms with E-state index in [4.69, 9.17) is 0 Å². The molecule has 0 unspecified atom stereocenters. The second-order valence-electron chi connectivity index (χ2n) is 3.11. The maximum absolute atomic E-state index is 3.30. The molecule has 13 heavy (non-hydrogen) atoms. The Morgan fingerprint density at radius 2 is 2.31 bits per heavy atom. The molecule has 0 aliphatic carbocycles. The smallest absolute Gasteiger partial charge is 0.0587 e. The lowest BCUT2D eigenvalue weighted by Crippen LogP contribution is -1.82. The third-order valence-corrected chi connectivity index (χ3v) is 3.01. The Hall–Kier alpha value is -1.02. The Morgan fingerprint density at radius 1 is 1.38 bits per heavy atom. The van der Waals surface area contributed by atoms with Gasteiger partial charge in [0.15, 0.2) is 0 Å². The minimum Gasteiger partial charge on any atom is -0.360 e. The minimum absolute atomic E-state index is 1.16. The lowest BCUT2D eigenvalue weighted by Gasteiger charge is -1.98. The Labute approximate surface area is 82.4 Å². The van der Waals surface area contributed by atoms with Crippen LogP contribution in [0.25, 0.3) is 10.6 Å². The maximum Gasteiger partial charge on any atom is 0.0587 e. The van der Waals surface area contributed by atoms with Gasteiger partial charge >= 0.3 is 0 Å². The van der Waals surface area contributed by atoms with Gasteiger partial charge in [-0.25, -0.2) is 0 Å². The molecule has 2 heterocycles. The molecule has 1 N–H and O–H groups in total. The van der Waals surface area contributed by atoms with Gasteiger partial charge in [0.1, 0.15) is 0 Å². The maximum atomic E-state index is 3.30. The van der Waals surface area contributed by atoms with Crippen LogP contribution >= 0.6 is 11.3 Å². The number of aromatic nitrogens is 1. The number of aromatic amines is 1. The Morgan fingerprint density at radius 3 is 3.00 bits per heavy atom. The van der Waals surface area contributed by atoms with Gasteiger partial charge in [-0.3, -0.25) is 0 Å². The quantitative estimate of drug-likeness (QED) is 0.761. The summed E-state index contributed by atoms with van der Waals surface area (Å²) in [6.07, 6.45) is 4.40. The van der Waals surface area contributed by atoms with Crippen LogP contribution < -0.4 is 0 Å². The number of hydrogen-bond donors (Lipinski definition) is 1. The summed E-state index contributed by atoms with van der Waals surface area (Å²) >= 11 is 1.79. The average molecular weight is 191 g/mol. The molecule has 2 aromatic rings. The van der Waals surface area contributed by atoms with Crippen LogP contribution in [0.2, 0.25) is 0 Å². The van der Waals surface area contributed by atoms with Crippen molar-refractivity contribution in [1.82, 2.24) is 4.98 Å². The molecule has 0 spiro atoms. The number of rotatable bonds is 3. The van der Waals surface area contributed by atoms with Gasteiger partial charge < -0.3 is 4.98 Å². The van der Waals surface area contributed by atoms with E-state index in [1.807, 2.05) is 6.20 Å². The molecule has 2 heteroatoms. The van der Waals surface area contributed by atoms with E-state index < -0.39 is 0 Å². The van der Waals surface area contributed by atoms with Crippen LogP contribution in [0.3, 0.4) is 0 Å². The largest absolute Gasteiger partial charge is 0.360 e. The first-order valence-electron chi connectivity index (χ1n) is 4.62. The number of hydrogen-bond acceptors (Lipinski definition) is 1. The standard InChI is InChI=1S/C11H13NS/c1-2-4-9-6-7-12-11(9)10-5-3-8-13-10/h3,5-8,12H,2,4H2,1H3. The van der Waals surface area contributed by atoms with E-state index in [1.54, 1.807) is 11.3 Å². The first kappa shape index (κ1) is 8.57. The monoisotopic (exact) mass is 191 g/mol. The average Bonchev–Trinajstić information content (AvgIpc) is 2.71. The van der Waals surface area contributed by atoms with Crippen molar-refractivity contribution >= 4 is 11.3 Å². The normalized spacial score (nSPS) is 10.5. The topological polar surface area (TPSA) is 15.8 Å². The molecule has 2 aromatic heterocycles. The summed E-state index contributed by atoms with van der Waals surface area (Å²) in [6.45, 7) is 2.21. The predicted octanol–water partition coefficient (Wildman–Crippen LogP) is 3.70. The van der Waals surface area contributed by atoms with Gasteiger partial charge in [-0.2, -0.15) is 0 Å². The third kappa shape index (κ3) is 1.68. The van der Waals surface area contributed by atoms with Gasteiger partial charge in [0.25, 0.3) is 0 Å². The summed E-state index contributed by atoms with van der Waals surface area (Å²) in [5, 5.41) is 2.12. The fourth-order valence-electron chi connectivity index (χ4n) is 1.53. The van der Waals surface area contributed by atoms with E-state index in [2.05, 4.69) is 35.5 Å². The third-order valence-electron chi connectivity index (χ3n) is 2.12. The molecular formula is C11H13NS. The van der Waals surface area contributed by atoms with Crippen molar-refractivity contribution in [2.75, 3.05) is 0 Å². The molecule has 0 bridgehead atoms. The van der Waals surface area contributed by atoms with Crippen LogP contribution in [-0.4, -0.2) is 4.98 Å². The van der Waals surface area contributed by atoms with Crippen molar-refractivity contribution in [3.8, 4) is 10.6 Å². The molecule has 1 nitrogen and oxygen atoms in total. The number of H-pyrrole nitrogens is 1. The van der Waals surface area contributed by atoms with Gasteiger partial charge in [-0.15, -0.1) is 11.3 Å². The van der Waals surface area contributed by atoms with Crippen LogP contribution in [0.5, 0.6) is 0 Å². The van der Waals surface area contributed by atoms with Crippen LogP contribution in [0.4, 0.5) is 0 Å².